The van der Waals surface area contributed by atoms with Crippen LogP contribution in [0, 0.1) is 6.92 Å². The third kappa shape index (κ3) is 2.64. The molecule has 18 heavy (non-hydrogen) atoms. The Morgan fingerprint density at radius 1 is 1.44 bits per heavy atom. The van der Waals surface area contributed by atoms with Crippen LogP contribution in [0.5, 0.6) is 0 Å². The van der Waals surface area contributed by atoms with Gasteiger partial charge in [-0.15, -0.1) is 0 Å². The van der Waals surface area contributed by atoms with Crippen molar-refractivity contribution in [3.8, 4) is 0 Å². The topological polar surface area (TPSA) is 58.4 Å². The molecule has 0 fully saturated rings. The van der Waals surface area contributed by atoms with Crippen molar-refractivity contribution in [1.29, 1.82) is 0 Å². The molecule has 2 heterocycles. The minimum absolute atomic E-state index is 0.109. The van der Waals surface area contributed by atoms with Crippen LogP contribution in [-0.2, 0) is 0 Å². The van der Waals surface area contributed by atoms with Crippen molar-refractivity contribution in [2.45, 2.75) is 26.8 Å². The van der Waals surface area contributed by atoms with Crippen molar-refractivity contribution in [2.75, 3.05) is 5.32 Å². The highest BCUT2D eigenvalue weighted by atomic mass is 79.9. The Kier molecular flexibility index (Phi) is 3.56. The number of hydrogen-bond acceptors (Lipinski definition) is 2. The van der Waals surface area contributed by atoms with Crippen LogP contribution in [-0.4, -0.2) is 21.5 Å². The lowest BCUT2D eigenvalue weighted by Gasteiger charge is -2.10. The summed E-state index contributed by atoms with van der Waals surface area (Å²) in [6, 6.07) is 3.59. The van der Waals surface area contributed by atoms with Crippen molar-refractivity contribution < 1.29 is 4.79 Å². The Morgan fingerprint density at radius 3 is 2.83 bits per heavy atom. The molecule has 0 aliphatic heterocycles. The Bertz CT molecular complexity index is 591. The van der Waals surface area contributed by atoms with Crippen LogP contribution in [0.3, 0.4) is 0 Å². The second-order valence-electron chi connectivity index (χ2n) is 4.39. The molecule has 5 nitrogen and oxygen atoms in total. The largest absolute Gasteiger partial charge is 0.336 e. The first-order valence-electron chi connectivity index (χ1n) is 5.69. The summed E-state index contributed by atoms with van der Waals surface area (Å²) in [5, 5.41) is 5.56. The molecular formula is C12H15BrN4O. The van der Waals surface area contributed by atoms with Gasteiger partial charge in [0.1, 0.15) is 10.3 Å². The predicted octanol–water partition coefficient (Wildman–Crippen LogP) is 2.94. The summed E-state index contributed by atoms with van der Waals surface area (Å²) in [6.45, 7) is 5.79. The molecule has 6 heteroatoms. The Hall–Kier alpha value is -1.56. The van der Waals surface area contributed by atoms with E-state index in [0.29, 0.717) is 0 Å². The van der Waals surface area contributed by atoms with Gasteiger partial charge in [-0.1, -0.05) is 0 Å². The van der Waals surface area contributed by atoms with Gasteiger partial charge in [-0.05, 0) is 48.8 Å². The number of carbonyl (C=O) groups excluding carboxylic acids is 1. The number of halogens is 1. The third-order valence-corrected chi connectivity index (χ3v) is 3.23. The van der Waals surface area contributed by atoms with E-state index in [4.69, 9.17) is 0 Å². The maximum absolute atomic E-state index is 11.6. The van der Waals surface area contributed by atoms with Crippen LogP contribution in [0.15, 0.2) is 22.9 Å². The maximum atomic E-state index is 11.6. The molecule has 0 unspecified atom stereocenters. The molecule has 96 valence electrons. The van der Waals surface area contributed by atoms with Crippen LogP contribution in [0.1, 0.15) is 19.5 Å². The van der Waals surface area contributed by atoms with E-state index >= 15 is 0 Å². The predicted molar refractivity (Wildman–Crippen MR) is 74.9 cm³/mol. The van der Waals surface area contributed by atoms with Crippen molar-refractivity contribution in [2.24, 2.45) is 0 Å². The summed E-state index contributed by atoms with van der Waals surface area (Å²) in [5.74, 6) is 0. The number of aromatic nitrogens is 2. The first-order valence-corrected chi connectivity index (χ1v) is 6.48. The highest BCUT2D eigenvalue weighted by Gasteiger charge is 2.08. The molecule has 2 N–H and O–H groups in total. The number of imidazole rings is 1. The molecule has 0 aromatic carbocycles. The van der Waals surface area contributed by atoms with Gasteiger partial charge in [0.2, 0.25) is 0 Å². The summed E-state index contributed by atoms with van der Waals surface area (Å²) in [4.78, 5) is 15.9. The first-order chi connectivity index (χ1) is 8.47. The number of rotatable bonds is 2. The molecule has 0 saturated carbocycles. The SMILES string of the molecule is Cc1c(Br)nc2ccc(NC(=O)NC(C)C)cn12. The second kappa shape index (κ2) is 4.97. The fourth-order valence-corrected chi connectivity index (χ4v) is 2.01. The van der Waals surface area contributed by atoms with E-state index in [0.717, 1.165) is 21.6 Å². The number of aryl methyl sites for hydroxylation is 1. The van der Waals surface area contributed by atoms with E-state index in [2.05, 4.69) is 31.5 Å². The van der Waals surface area contributed by atoms with Gasteiger partial charge >= 0.3 is 6.03 Å². The minimum atomic E-state index is -0.207. The zero-order valence-electron chi connectivity index (χ0n) is 10.5. The molecule has 2 amide bonds. The molecule has 0 radical (unpaired) electrons. The van der Waals surface area contributed by atoms with E-state index in [1.54, 1.807) is 0 Å². The Labute approximate surface area is 114 Å². The maximum Gasteiger partial charge on any atom is 0.319 e. The van der Waals surface area contributed by atoms with E-state index < -0.39 is 0 Å². The summed E-state index contributed by atoms with van der Waals surface area (Å²) < 4.78 is 2.74. The highest BCUT2D eigenvalue weighted by molar-refractivity contribution is 9.10. The number of nitrogens with zero attached hydrogens (tertiary/aromatic N) is 2. The Balaban J connectivity index is 2.24. The minimum Gasteiger partial charge on any atom is -0.336 e. The van der Waals surface area contributed by atoms with E-state index in [-0.39, 0.29) is 12.1 Å². The molecule has 0 atom stereocenters. The van der Waals surface area contributed by atoms with Crippen molar-refractivity contribution in [3.05, 3.63) is 28.6 Å². The normalized spacial score (nSPS) is 10.9. The molecule has 2 aromatic rings. The second-order valence-corrected chi connectivity index (χ2v) is 5.14. The van der Waals surface area contributed by atoms with Gasteiger partial charge in [-0.3, -0.25) is 0 Å². The van der Waals surface area contributed by atoms with Gasteiger partial charge < -0.3 is 15.0 Å². The van der Waals surface area contributed by atoms with Crippen LogP contribution in [0.25, 0.3) is 5.65 Å². The Morgan fingerprint density at radius 2 is 2.17 bits per heavy atom. The number of hydrogen-bond donors (Lipinski definition) is 2. The van der Waals surface area contributed by atoms with E-state index in [9.17, 15) is 4.79 Å². The van der Waals surface area contributed by atoms with Gasteiger partial charge in [0, 0.05) is 12.2 Å². The van der Waals surface area contributed by atoms with Crippen LogP contribution in [0.2, 0.25) is 0 Å². The molecule has 0 saturated heterocycles. The van der Waals surface area contributed by atoms with Gasteiger partial charge in [0.25, 0.3) is 0 Å². The third-order valence-electron chi connectivity index (χ3n) is 2.48. The smallest absolute Gasteiger partial charge is 0.319 e. The fraction of sp³-hybridized carbons (Fsp3) is 0.333. The summed E-state index contributed by atoms with van der Waals surface area (Å²) in [6.07, 6.45) is 1.85. The van der Waals surface area contributed by atoms with E-state index in [1.165, 1.54) is 0 Å². The zero-order chi connectivity index (χ0) is 13.3. The molecule has 0 bridgehead atoms. The summed E-state index contributed by atoms with van der Waals surface area (Å²) in [5.41, 5.74) is 2.57. The van der Waals surface area contributed by atoms with Gasteiger partial charge in [0.05, 0.1) is 11.4 Å². The molecule has 0 aliphatic carbocycles. The average molecular weight is 311 g/mol. The fourth-order valence-electron chi connectivity index (χ4n) is 1.64. The molecule has 0 spiro atoms. The summed E-state index contributed by atoms with van der Waals surface area (Å²) >= 11 is 3.39. The van der Waals surface area contributed by atoms with Crippen LogP contribution < -0.4 is 10.6 Å². The molecule has 2 aromatic heterocycles. The number of anilines is 1. The molecule has 2 rings (SSSR count). The number of nitrogens with one attached hydrogen (secondary N) is 2. The average Bonchev–Trinajstić information content (AvgIpc) is 2.54. The quantitative estimate of drug-likeness (QED) is 0.896. The number of carbonyl (C=O) groups is 1. The molecular weight excluding hydrogens is 296 g/mol. The van der Waals surface area contributed by atoms with Crippen molar-refractivity contribution >= 4 is 33.3 Å². The van der Waals surface area contributed by atoms with Crippen molar-refractivity contribution in [3.63, 3.8) is 0 Å². The van der Waals surface area contributed by atoms with Gasteiger partial charge in [-0.2, -0.15) is 0 Å². The van der Waals surface area contributed by atoms with Gasteiger partial charge in [0.15, 0.2) is 0 Å². The van der Waals surface area contributed by atoms with E-state index in [1.807, 2.05) is 43.5 Å². The lowest BCUT2D eigenvalue weighted by molar-refractivity contribution is 0.250. The monoisotopic (exact) mass is 310 g/mol. The highest BCUT2D eigenvalue weighted by Crippen LogP contribution is 2.19. The van der Waals surface area contributed by atoms with Gasteiger partial charge in [-0.25, -0.2) is 9.78 Å². The zero-order valence-corrected chi connectivity index (χ0v) is 12.1. The number of amides is 2. The first kappa shape index (κ1) is 12.9. The lowest BCUT2D eigenvalue weighted by Crippen LogP contribution is -2.34. The number of urea groups is 1. The van der Waals surface area contributed by atoms with Crippen LogP contribution >= 0.6 is 15.9 Å². The standard InChI is InChI=1S/C12H15BrN4O/c1-7(2)14-12(18)15-9-4-5-10-16-11(13)8(3)17(10)6-9/h4-7H,1-3H3,(H2,14,15,18). The lowest BCUT2D eigenvalue weighted by atomic mass is 10.4. The molecule has 0 aliphatic rings. The van der Waals surface area contributed by atoms with Crippen LogP contribution in [0.4, 0.5) is 10.5 Å². The number of pyridine rings is 1. The summed E-state index contributed by atoms with van der Waals surface area (Å²) in [7, 11) is 0. The van der Waals surface area contributed by atoms with Crippen molar-refractivity contribution in [1.82, 2.24) is 14.7 Å². The number of fused-ring (bicyclic) bond motifs is 1.